The first-order valence-electron chi connectivity index (χ1n) is 9.62. The molecular formula is C21H20Cl3N5O2S. The normalized spacial score (nSPS) is 10.8. The molecule has 0 atom stereocenters. The molecule has 0 aliphatic heterocycles. The molecule has 0 spiro atoms. The van der Waals surface area contributed by atoms with Gasteiger partial charge in [-0.25, -0.2) is 0 Å². The predicted octanol–water partition coefficient (Wildman–Crippen LogP) is 5.23. The Morgan fingerprint density at radius 1 is 1.06 bits per heavy atom. The van der Waals surface area contributed by atoms with E-state index in [4.69, 9.17) is 34.8 Å². The molecule has 168 valence electrons. The number of aromatic nitrogens is 3. The molecule has 0 saturated carbocycles. The minimum atomic E-state index is -0.343. The molecule has 3 rings (SSSR count). The highest BCUT2D eigenvalue weighted by Gasteiger charge is 2.16. The van der Waals surface area contributed by atoms with Gasteiger partial charge in [0.2, 0.25) is 5.91 Å². The van der Waals surface area contributed by atoms with Gasteiger partial charge in [0.15, 0.2) is 11.0 Å². The van der Waals surface area contributed by atoms with E-state index in [-0.39, 0.29) is 29.1 Å². The quantitative estimate of drug-likeness (QED) is 0.404. The summed E-state index contributed by atoms with van der Waals surface area (Å²) in [6.07, 6.45) is 0. The van der Waals surface area contributed by atoms with Gasteiger partial charge < -0.3 is 15.2 Å². The fourth-order valence-corrected chi connectivity index (χ4v) is 4.43. The average molecular weight is 513 g/mol. The number of anilines is 1. The molecule has 32 heavy (non-hydrogen) atoms. The number of thioether (sulfide) groups is 1. The maximum absolute atomic E-state index is 12.4. The minimum Gasteiger partial charge on any atom is -0.345 e. The lowest BCUT2D eigenvalue weighted by atomic mass is 10.2. The van der Waals surface area contributed by atoms with Crippen molar-refractivity contribution in [1.82, 2.24) is 20.1 Å². The fraction of sp³-hybridized carbons (Fsp3) is 0.238. The number of rotatable bonds is 8. The molecule has 3 aromatic rings. The first-order valence-corrected chi connectivity index (χ1v) is 11.7. The van der Waals surface area contributed by atoms with E-state index in [1.807, 2.05) is 18.4 Å². The average Bonchev–Trinajstić information content (AvgIpc) is 3.14. The van der Waals surface area contributed by atoms with Crippen LogP contribution >= 0.6 is 46.6 Å². The van der Waals surface area contributed by atoms with E-state index in [1.54, 1.807) is 30.3 Å². The Bertz CT molecular complexity index is 1150. The van der Waals surface area contributed by atoms with Crippen LogP contribution in [0.5, 0.6) is 0 Å². The highest BCUT2D eigenvalue weighted by molar-refractivity contribution is 7.99. The zero-order chi connectivity index (χ0) is 23.3. The van der Waals surface area contributed by atoms with Crippen molar-refractivity contribution in [2.24, 2.45) is 0 Å². The van der Waals surface area contributed by atoms with Crippen molar-refractivity contribution < 1.29 is 9.59 Å². The third kappa shape index (κ3) is 6.16. The number of carbonyl (C=O) groups is 2. The van der Waals surface area contributed by atoms with Gasteiger partial charge in [0.1, 0.15) is 0 Å². The van der Waals surface area contributed by atoms with Crippen molar-refractivity contribution in [3.05, 3.63) is 68.4 Å². The highest BCUT2D eigenvalue weighted by Crippen LogP contribution is 2.23. The van der Waals surface area contributed by atoms with Gasteiger partial charge in [-0.2, -0.15) is 0 Å². The Kier molecular flexibility index (Phi) is 8.42. The molecule has 2 amide bonds. The standard InChI is InChI=1S/C21H20Cl3N5O2S/c1-3-29-18(10-25-20(31)15-6-4-14(23)9-16(15)24)27-28-21(29)32-11-19(30)26-17-7-5-13(22)8-12(17)2/h4-9H,3,10-11H2,1-2H3,(H,25,31)(H,26,30). The number of nitrogens with one attached hydrogen (secondary N) is 2. The monoisotopic (exact) mass is 511 g/mol. The van der Waals surface area contributed by atoms with E-state index in [2.05, 4.69) is 20.8 Å². The molecule has 0 unspecified atom stereocenters. The molecule has 0 aliphatic rings. The Balaban J connectivity index is 1.59. The van der Waals surface area contributed by atoms with Crippen LogP contribution in [0.4, 0.5) is 5.69 Å². The number of hydrogen-bond donors (Lipinski definition) is 2. The van der Waals surface area contributed by atoms with E-state index >= 15 is 0 Å². The third-order valence-corrected chi connectivity index (χ3v) is 6.24. The number of amides is 2. The van der Waals surface area contributed by atoms with Gasteiger partial charge in [0, 0.05) is 22.3 Å². The van der Waals surface area contributed by atoms with Crippen LogP contribution in [0.25, 0.3) is 0 Å². The van der Waals surface area contributed by atoms with Crippen LogP contribution in [-0.2, 0) is 17.9 Å². The summed E-state index contributed by atoms with van der Waals surface area (Å²) in [5.74, 6) is 0.220. The molecule has 0 aliphatic carbocycles. The van der Waals surface area contributed by atoms with E-state index in [0.29, 0.717) is 38.8 Å². The topological polar surface area (TPSA) is 88.9 Å². The summed E-state index contributed by atoms with van der Waals surface area (Å²) in [6.45, 7) is 4.56. The molecular weight excluding hydrogens is 493 g/mol. The molecule has 1 aromatic heterocycles. The van der Waals surface area contributed by atoms with Crippen LogP contribution in [0.3, 0.4) is 0 Å². The zero-order valence-corrected chi connectivity index (χ0v) is 20.4. The predicted molar refractivity (Wildman–Crippen MR) is 129 cm³/mol. The Morgan fingerprint density at radius 3 is 2.47 bits per heavy atom. The number of hydrogen-bond acceptors (Lipinski definition) is 5. The molecule has 0 fully saturated rings. The number of benzene rings is 2. The van der Waals surface area contributed by atoms with Gasteiger partial charge >= 0.3 is 0 Å². The van der Waals surface area contributed by atoms with Gasteiger partial charge in [0.25, 0.3) is 5.91 Å². The SMILES string of the molecule is CCn1c(CNC(=O)c2ccc(Cl)cc2Cl)nnc1SCC(=O)Nc1ccc(Cl)cc1C. The molecule has 0 bridgehead atoms. The smallest absolute Gasteiger partial charge is 0.253 e. The second-order valence-electron chi connectivity index (χ2n) is 6.75. The Morgan fingerprint density at radius 2 is 1.78 bits per heavy atom. The van der Waals surface area contributed by atoms with Crippen molar-refractivity contribution >= 4 is 64.1 Å². The summed E-state index contributed by atoms with van der Waals surface area (Å²) in [6, 6.07) is 9.95. The van der Waals surface area contributed by atoms with Gasteiger partial charge in [-0.05, 0) is 55.8 Å². The lowest BCUT2D eigenvalue weighted by molar-refractivity contribution is -0.113. The van der Waals surface area contributed by atoms with Gasteiger partial charge in [0.05, 0.1) is 22.9 Å². The molecule has 11 heteroatoms. The van der Waals surface area contributed by atoms with E-state index < -0.39 is 0 Å². The number of nitrogens with zero attached hydrogens (tertiary/aromatic N) is 3. The minimum absolute atomic E-state index is 0.160. The van der Waals surface area contributed by atoms with Gasteiger partial charge in [-0.1, -0.05) is 46.6 Å². The lowest BCUT2D eigenvalue weighted by Gasteiger charge is -2.10. The van der Waals surface area contributed by atoms with Gasteiger partial charge in [-0.3, -0.25) is 9.59 Å². The zero-order valence-electron chi connectivity index (χ0n) is 17.3. The van der Waals surface area contributed by atoms with Crippen LogP contribution in [0, 0.1) is 6.92 Å². The number of carbonyl (C=O) groups excluding carboxylic acids is 2. The second-order valence-corrected chi connectivity index (χ2v) is 8.97. The molecule has 2 aromatic carbocycles. The second kappa shape index (κ2) is 11.0. The molecule has 0 radical (unpaired) electrons. The van der Waals surface area contributed by atoms with Crippen LogP contribution < -0.4 is 10.6 Å². The molecule has 7 nitrogen and oxygen atoms in total. The lowest BCUT2D eigenvalue weighted by Crippen LogP contribution is -2.25. The first kappa shape index (κ1) is 24.4. The van der Waals surface area contributed by atoms with Crippen LogP contribution in [-0.4, -0.2) is 32.3 Å². The summed E-state index contributed by atoms with van der Waals surface area (Å²) >= 11 is 19.2. The van der Waals surface area contributed by atoms with E-state index in [1.165, 1.54) is 17.8 Å². The fourth-order valence-electron chi connectivity index (χ4n) is 2.89. The summed E-state index contributed by atoms with van der Waals surface area (Å²) in [5.41, 5.74) is 1.91. The number of halogens is 3. The first-order chi connectivity index (χ1) is 15.3. The molecule has 2 N–H and O–H groups in total. The summed E-state index contributed by atoms with van der Waals surface area (Å²) in [5, 5.41) is 15.9. The summed E-state index contributed by atoms with van der Waals surface area (Å²) in [7, 11) is 0. The number of aryl methyl sites for hydroxylation is 1. The van der Waals surface area contributed by atoms with Crippen molar-refractivity contribution in [3.63, 3.8) is 0 Å². The summed E-state index contributed by atoms with van der Waals surface area (Å²) in [4.78, 5) is 24.8. The maximum Gasteiger partial charge on any atom is 0.253 e. The van der Waals surface area contributed by atoms with Crippen molar-refractivity contribution in [2.45, 2.75) is 32.1 Å². The summed E-state index contributed by atoms with van der Waals surface area (Å²) < 4.78 is 1.84. The Labute approximate surface area is 204 Å². The molecule has 1 heterocycles. The highest BCUT2D eigenvalue weighted by atomic mass is 35.5. The van der Waals surface area contributed by atoms with Crippen molar-refractivity contribution in [2.75, 3.05) is 11.1 Å². The van der Waals surface area contributed by atoms with Crippen LogP contribution in [0.1, 0.15) is 28.7 Å². The van der Waals surface area contributed by atoms with Crippen molar-refractivity contribution in [3.8, 4) is 0 Å². The van der Waals surface area contributed by atoms with Gasteiger partial charge in [-0.15, -0.1) is 10.2 Å². The molecule has 0 saturated heterocycles. The van der Waals surface area contributed by atoms with E-state index in [9.17, 15) is 9.59 Å². The Hall–Kier alpha value is -2.26. The maximum atomic E-state index is 12.4. The third-order valence-electron chi connectivity index (χ3n) is 4.49. The largest absolute Gasteiger partial charge is 0.345 e. The van der Waals surface area contributed by atoms with Crippen molar-refractivity contribution in [1.29, 1.82) is 0 Å². The van der Waals surface area contributed by atoms with E-state index in [0.717, 1.165) is 5.56 Å². The van der Waals surface area contributed by atoms with Crippen LogP contribution in [0.15, 0.2) is 41.6 Å². The van der Waals surface area contributed by atoms with Crippen LogP contribution in [0.2, 0.25) is 15.1 Å².